The van der Waals surface area contributed by atoms with E-state index < -0.39 is 5.41 Å². The van der Waals surface area contributed by atoms with Crippen LogP contribution in [0.4, 0.5) is 0 Å². The van der Waals surface area contributed by atoms with E-state index in [0.29, 0.717) is 10.8 Å². The van der Waals surface area contributed by atoms with Crippen molar-refractivity contribution in [2.24, 2.45) is 23.2 Å². The normalized spacial score (nSPS) is 25.0. The Bertz CT molecular complexity index is 3320. The zero-order chi connectivity index (χ0) is 39.7. The number of para-hydroxylation sites is 2. The van der Waals surface area contributed by atoms with Gasteiger partial charge in [0.15, 0.2) is 5.82 Å². The molecule has 0 amide bonds. The second-order valence-electron chi connectivity index (χ2n) is 19.0. The van der Waals surface area contributed by atoms with E-state index in [2.05, 4.69) is 164 Å². The summed E-state index contributed by atoms with van der Waals surface area (Å²) in [6, 6.07) is 60.4. The van der Waals surface area contributed by atoms with E-state index in [4.69, 9.17) is 14.7 Å². The van der Waals surface area contributed by atoms with Crippen molar-refractivity contribution in [1.29, 1.82) is 0 Å². The average molecular weight is 801 g/mol. The highest BCUT2D eigenvalue weighted by Gasteiger charge is 2.77. The molecule has 6 aliphatic rings. The van der Waals surface area contributed by atoms with Gasteiger partial charge in [-0.2, -0.15) is 0 Å². The van der Waals surface area contributed by atoms with Crippen molar-refractivity contribution in [1.82, 2.24) is 9.97 Å². The first kappa shape index (κ1) is 33.4. The topological polar surface area (TPSA) is 35.0 Å². The summed E-state index contributed by atoms with van der Waals surface area (Å²) < 4.78 is 9.18. The summed E-state index contributed by atoms with van der Waals surface area (Å²) in [5.74, 6) is 5.52. The van der Waals surface area contributed by atoms with Gasteiger partial charge < -0.3 is 4.74 Å². The van der Waals surface area contributed by atoms with Crippen LogP contribution in [0.2, 0.25) is 0 Å². The highest BCUT2D eigenvalue weighted by molar-refractivity contribution is 7.25. The summed E-state index contributed by atoms with van der Waals surface area (Å²) in [5.41, 5.74) is 14.6. The van der Waals surface area contributed by atoms with E-state index in [0.717, 1.165) is 63.2 Å². The quantitative estimate of drug-likeness (QED) is 0.178. The lowest BCUT2D eigenvalue weighted by atomic mass is 9.38. The Kier molecular flexibility index (Phi) is 6.30. The minimum Gasteiger partial charge on any atom is -0.457 e. The number of ether oxygens (including phenoxy) is 1. The number of nitrogens with zero attached hydrogens (tertiary/aromatic N) is 2. The third-order valence-electron chi connectivity index (χ3n) is 16.6. The number of aromatic nitrogens is 2. The SMILES string of the molecule is c1ccc2c(c1)Oc1ccccc1C21c2ccccc2-c2cc(-c3nc(-c4ccc(C56C[C@H]7CC8C[C@@H](C5)C87C6)cc4)cc(-c4ccc5c(c4)sc4ccccc45)n3)ccc21. The number of hydrogen-bond acceptors (Lipinski definition) is 4. The summed E-state index contributed by atoms with van der Waals surface area (Å²) in [4.78, 5) is 10.9. The molecular formula is C57H40N2OS. The maximum absolute atomic E-state index is 6.59. The highest BCUT2D eigenvalue weighted by atomic mass is 32.1. The molecule has 2 spiro atoms. The van der Waals surface area contributed by atoms with Gasteiger partial charge in [-0.05, 0) is 125 Å². The van der Waals surface area contributed by atoms with Crippen molar-refractivity contribution in [3.05, 3.63) is 192 Å². The first-order valence-electron chi connectivity index (χ1n) is 22.1. The van der Waals surface area contributed by atoms with Crippen LogP contribution >= 0.6 is 11.3 Å². The van der Waals surface area contributed by atoms with Crippen molar-refractivity contribution < 1.29 is 4.74 Å². The van der Waals surface area contributed by atoms with Crippen LogP contribution in [0.25, 0.3) is 65.2 Å². The fourth-order valence-corrected chi connectivity index (χ4v) is 15.3. The number of fused-ring (bicyclic) bond motifs is 13. The summed E-state index contributed by atoms with van der Waals surface area (Å²) in [5, 5.41) is 2.60. The third-order valence-corrected chi connectivity index (χ3v) is 17.8. The number of hydrogen-bond donors (Lipinski definition) is 0. The number of rotatable bonds is 4. The molecule has 3 heterocycles. The van der Waals surface area contributed by atoms with Crippen molar-refractivity contribution >= 4 is 31.5 Å². The molecule has 2 bridgehead atoms. The van der Waals surface area contributed by atoms with Gasteiger partial charge in [0.2, 0.25) is 0 Å². The van der Waals surface area contributed by atoms with Crippen LogP contribution in [0.5, 0.6) is 11.5 Å². The van der Waals surface area contributed by atoms with Gasteiger partial charge >= 0.3 is 0 Å². The van der Waals surface area contributed by atoms with Gasteiger partial charge in [0, 0.05) is 48.0 Å². The lowest BCUT2D eigenvalue weighted by molar-refractivity contribution is -0.175. The molecule has 0 N–H and O–H groups in total. The standard InChI is InChI=1S/C57H40N2OS/c1-3-11-44-40(9-1)43-25-35(20-24-45(43)57(44)46-12-4-6-14-50(46)60-51-15-7-5-13-47(51)57)54-58-48(29-49(59-54)34-19-23-42-41-10-2-8-16-52(41)61-53(42)26-34)33-17-21-36(22-18-33)55-30-38-27-37-28-39(31-55)56(37,38)32-55/h1-26,29,37-39H,27-28,30-32H2/t37?,38-,39+,55?,56?. The molecule has 1 aliphatic heterocycles. The molecular weight excluding hydrogens is 761 g/mol. The third kappa shape index (κ3) is 4.15. The largest absolute Gasteiger partial charge is 0.457 e. The summed E-state index contributed by atoms with van der Waals surface area (Å²) in [6.45, 7) is 0. The first-order chi connectivity index (χ1) is 30.1. The van der Waals surface area contributed by atoms with Crippen molar-refractivity contribution in [3.63, 3.8) is 0 Å². The molecule has 5 atom stereocenters. The van der Waals surface area contributed by atoms with Crippen LogP contribution in [0.1, 0.15) is 59.9 Å². The fraction of sp³-hybridized carbons (Fsp3) is 0.193. The van der Waals surface area contributed by atoms with Crippen LogP contribution in [-0.4, -0.2) is 9.97 Å². The summed E-state index contributed by atoms with van der Waals surface area (Å²) >= 11 is 1.85. The maximum Gasteiger partial charge on any atom is 0.160 e. The Morgan fingerprint density at radius 2 is 1.11 bits per heavy atom. The molecule has 5 aliphatic carbocycles. The first-order valence-corrected chi connectivity index (χ1v) is 22.9. The number of thiophene rings is 1. The molecule has 7 aromatic carbocycles. The predicted octanol–water partition coefficient (Wildman–Crippen LogP) is 14.4. The highest BCUT2D eigenvalue weighted by Crippen LogP contribution is 2.84. The number of benzene rings is 7. The summed E-state index contributed by atoms with van der Waals surface area (Å²) in [7, 11) is 0. The van der Waals surface area contributed by atoms with Gasteiger partial charge in [-0.1, -0.05) is 127 Å². The van der Waals surface area contributed by atoms with Gasteiger partial charge in [0.1, 0.15) is 11.5 Å². The molecule has 0 saturated heterocycles. The Hall–Kier alpha value is -6.36. The summed E-state index contributed by atoms with van der Waals surface area (Å²) in [6.07, 6.45) is 7.19. The van der Waals surface area contributed by atoms with E-state index in [1.54, 1.807) is 5.56 Å². The maximum atomic E-state index is 6.59. The molecule has 2 aromatic heterocycles. The van der Waals surface area contributed by atoms with Gasteiger partial charge in [0.25, 0.3) is 0 Å². The molecule has 4 heteroatoms. The zero-order valence-corrected chi connectivity index (χ0v) is 34.4. The lowest BCUT2D eigenvalue weighted by Crippen LogP contribution is -2.59. The zero-order valence-electron chi connectivity index (χ0n) is 33.6. The van der Waals surface area contributed by atoms with Crippen molar-refractivity contribution in [2.45, 2.75) is 42.9 Å². The van der Waals surface area contributed by atoms with Crippen molar-refractivity contribution in [2.75, 3.05) is 0 Å². The molecule has 3 nitrogen and oxygen atoms in total. The van der Waals surface area contributed by atoms with E-state index >= 15 is 0 Å². The predicted molar refractivity (Wildman–Crippen MR) is 246 cm³/mol. The minimum absolute atomic E-state index is 0.379. The van der Waals surface area contributed by atoms with Crippen LogP contribution in [0, 0.1) is 23.2 Å². The molecule has 9 aromatic rings. The fourth-order valence-electron chi connectivity index (χ4n) is 14.2. The molecule has 290 valence electrons. The smallest absolute Gasteiger partial charge is 0.160 e. The molecule has 4 saturated carbocycles. The van der Waals surface area contributed by atoms with Crippen molar-refractivity contribution in [3.8, 4) is 56.5 Å². The monoisotopic (exact) mass is 800 g/mol. The van der Waals surface area contributed by atoms with Gasteiger partial charge in [-0.3, -0.25) is 0 Å². The molecule has 15 rings (SSSR count). The van der Waals surface area contributed by atoms with E-state index in [1.807, 2.05) is 11.3 Å². The second-order valence-corrected chi connectivity index (χ2v) is 20.1. The lowest BCUT2D eigenvalue weighted by Gasteiger charge is -2.66. The molecule has 3 unspecified atom stereocenters. The molecule has 0 radical (unpaired) electrons. The average Bonchev–Trinajstić information content (AvgIpc) is 4.02. The van der Waals surface area contributed by atoms with Gasteiger partial charge in [0.05, 0.1) is 16.8 Å². The Morgan fingerprint density at radius 1 is 0.492 bits per heavy atom. The Morgan fingerprint density at radius 3 is 1.87 bits per heavy atom. The van der Waals surface area contributed by atoms with Crippen LogP contribution in [0.15, 0.2) is 164 Å². The molecule has 4 fully saturated rings. The minimum atomic E-state index is -0.511. The van der Waals surface area contributed by atoms with E-state index in [-0.39, 0.29) is 0 Å². The van der Waals surface area contributed by atoms with Crippen LogP contribution < -0.4 is 4.74 Å². The van der Waals surface area contributed by atoms with Crippen LogP contribution in [0.3, 0.4) is 0 Å². The van der Waals surface area contributed by atoms with E-state index in [9.17, 15) is 0 Å². The Balaban J connectivity index is 0.902. The second kappa shape index (κ2) is 11.5. The Labute approximate surface area is 358 Å². The van der Waals surface area contributed by atoms with Gasteiger partial charge in [-0.15, -0.1) is 11.3 Å². The van der Waals surface area contributed by atoms with Gasteiger partial charge in [-0.25, -0.2) is 9.97 Å². The van der Waals surface area contributed by atoms with E-state index in [1.165, 1.54) is 85.7 Å². The molecule has 61 heavy (non-hydrogen) atoms. The van der Waals surface area contributed by atoms with Crippen LogP contribution in [-0.2, 0) is 10.8 Å².